The van der Waals surface area contributed by atoms with Crippen LogP contribution in [0, 0.1) is 0 Å². The van der Waals surface area contributed by atoms with E-state index in [1.807, 2.05) is 0 Å². The number of halogens is 2. The molecule has 0 aliphatic heterocycles. The molecule has 0 saturated heterocycles. The molecule has 10 heteroatoms. The molecular formula is C23H20BCl2NO6. The fourth-order valence-corrected chi connectivity index (χ4v) is 3.74. The van der Waals surface area contributed by atoms with Gasteiger partial charge in [-0.15, -0.1) is 0 Å². The molecule has 0 radical (unpaired) electrons. The van der Waals surface area contributed by atoms with E-state index in [1.54, 1.807) is 18.2 Å². The molecule has 0 atom stereocenters. The predicted octanol–water partition coefficient (Wildman–Crippen LogP) is 2.63. The lowest BCUT2D eigenvalue weighted by atomic mass is 9.79. The molecule has 0 saturated carbocycles. The molecular weight excluding hydrogens is 468 g/mol. The van der Waals surface area contributed by atoms with Crippen molar-refractivity contribution in [1.29, 1.82) is 0 Å². The number of benzene rings is 3. The van der Waals surface area contributed by atoms with E-state index >= 15 is 0 Å². The lowest BCUT2D eigenvalue weighted by Crippen LogP contribution is -2.29. The molecule has 0 aliphatic rings. The summed E-state index contributed by atoms with van der Waals surface area (Å²) < 4.78 is 11.3. The number of rotatable bonds is 9. The Hall–Kier alpha value is -3.04. The van der Waals surface area contributed by atoms with Crippen LogP contribution in [-0.4, -0.2) is 42.6 Å². The largest absolute Gasteiger partial charge is 0.493 e. The van der Waals surface area contributed by atoms with Crippen molar-refractivity contribution in [2.45, 2.75) is 6.42 Å². The summed E-state index contributed by atoms with van der Waals surface area (Å²) in [5.74, 6) is -1.04. The Bertz CT molecular complexity index is 1180. The van der Waals surface area contributed by atoms with Crippen molar-refractivity contribution in [3.63, 3.8) is 0 Å². The summed E-state index contributed by atoms with van der Waals surface area (Å²) in [7, 11) is -0.265. The van der Waals surface area contributed by atoms with Crippen LogP contribution in [0.2, 0.25) is 10.0 Å². The molecule has 0 aliphatic carbocycles. The van der Waals surface area contributed by atoms with Crippen LogP contribution in [0.25, 0.3) is 0 Å². The minimum absolute atomic E-state index is 0.0356. The van der Waals surface area contributed by atoms with Gasteiger partial charge in [0, 0.05) is 22.0 Å². The number of carbonyl (C=O) groups is 2. The Kier molecular flexibility index (Phi) is 7.99. The van der Waals surface area contributed by atoms with Gasteiger partial charge >= 0.3 is 7.12 Å². The summed E-state index contributed by atoms with van der Waals surface area (Å²) in [4.78, 5) is 25.5. The van der Waals surface area contributed by atoms with Crippen LogP contribution in [0.4, 0.5) is 0 Å². The second-order valence-electron chi connectivity index (χ2n) is 7.04. The van der Waals surface area contributed by atoms with E-state index in [4.69, 9.17) is 38.4 Å². The summed E-state index contributed by atoms with van der Waals surface area (Å²) in [6, 6.07) is 13.6. The van der Waals surface area contributed by atoms with Gasteiger partial charge in [0.05, 0.1) is 24.8 Å². The molecule has 33 heavy (non-hydrogen) atoms. The number of nitrogens with two attached hydrogens (primary N) is 1. The SMILES string of the molecule is COc1ccc(C(N)=O)c(C(=O)c2ccc(B(O)O)cc2)c1OCCc1ccc(Cl)cc1Cl. The quantitative estimate of drug-likeness (QED) is 0.315. The van der Waals surface area contributed by atoms with Crippen LogP contribution in [0.15, 0.2) is 54.6 Å². The van der Waals surface area contributed by atoms with E-state index in [1.165, 1.54) is 43.5 Å². The van der Waals surface area contributed by atoms with E-state index in [9.17, 15) is 19.6 Å². The van der Waals surface area contributed by atoms with E-state index in [-0.39, 0.29) is 40.3 Å². The first-order chi connectivity index (χ1) is 15.7. The van der Waals surface area contributed by atoms with E-state index in [0.29, 0.717) is 16.5 Å². The Morgan fingerprint density at radius 1 is 1.03 bits per heavy atom. The smallest absolute Gasteiger partial charge is 0.488 e. The van der Waals surface area contributed by atoms with Gasteiger partial charge in [-0.1, -0.05) is 53.5 Å². The van der Waals surface area contributed by atoms with Crippen LogP contribution in [0.3, 0.4) is 0 Å². The molecule has 3 aromatic rings. The summed E-state index contributed by atoms with van der Waals surface area (Å²) >= 11 is 12.2. The number of ether oxygens (including phenoxy) is 2. The number of carbonyl (C=O) groups excluding carboxylic acids is 2. The van der Waals surface area contributed by atoms with Crippen molar-refractivity contribution in [3.05, 3.63) is 86.9 Å². The lowest BCUT2D eigenvalue weighted by Gasteiger charge is -2.17. The Labute approximate surface area is 200 Å². The topological polar surface area (TPSA) is 119 Å². The van der Waals surface area contributed by atoms with Gasteiger partial charge in [-0.3, -0.25) is 9.59 Å². The first kappa shape index (κ1) is 24.6. The zero-order chi connectivity index (χ0) is 24.1. The highest BCUT2D eigenvalue weighted by atomic mass is 35.5. The normalized spacial score (nSPS) is 10.6. The minimum atomic E-state index is -1.68. The van der Waals surface area contributed by atoms with Crippen LogP contribution in [0.1, 0.15) is 31.8 Å². The monoisotopic (exact) mass is 487 g/mol. The van der Waals surface area contributed by atoms with Crippen LogP contribution >= 0.6 is 23.2 Å². The van der Waals surface area contributed by atoms with Crippen molar-refractivity contribution in [2.24, 2.45) is 5.73 Å². The van der Waals surface area contributed by atoms with Gasteiger partial charge in [-0.25, -0.2) is 0 Å². The molecule has 3 rings (SSSR count). The first-order valence-corrected chi connectivity index (χ1v) is 10.6. The summed E-state index contributed by atoms with van der Waals surface area (Å²) in [5.41, 5.74) is 6.63. The van der Waals surface area contributed by atoms with Crippen LogP contribution in [-0.2, 0) is 6.42 Å². The van der Waals surface area contributed by atoms with Crippen LogP contribution < -0.4 is 20.7 Å². The molecule has 0 heterocycles. The molecule has 0 unspecified atom stereocenters. The van der Waals surface area contributed by atoms with E-state index in [0.717, 1.165) is 5.56 Å². The standard InChI is InChI=1S/C23H20BCl2NO6/c1-32-19-9-8-17(23(27)29)20(21(28)14-2-5-15(6-3-14)24(30)31)22(19)33-11-10-13-4-7-16(25)12-18(13)26/h2-9,12,30-31H,10-11H2,1H3,(H2,27,29). The van der Waals surface area contributed by atoms with Gasteiger partial charge in [-0.05, 0) is 35.3 Å². The second-order valence-corrected chi connectivity index (χ2v) is 7.89. The Balaban J connectivity index is 1.98. The zero-order valence-corrected chi connectivity index (χ0v) is 19.1. The third-order valence-corrected chi connectivity index (χ3v) is 5.52. The number of hydrogen-bond acceptors (Lipinski definition) is 6. The first-order valence-electron chi connectivity index (χ1n) is 9.81. The van der Waals surface area contributed by atoms with Gasteiger partial charge < -0.3 is 25.3 Å². The number of primary amides is 1. The average molecular weight is 488 g/mol. The number of ketones is 1. The third-order valence-electron chi connectivity index (χ3n) is 4.94. The van der Waals surface area contributed by atoms with Gasteiger partial charge in [0.25, 0.3) is 0 Å². The lowest BCUT2D eigenvalue weighted by molar-refractivity contribution is 0.0978. The maximum absolute atomic E-state index is 13.4. The molecule has 1 amide bonds. The molecule has 0 bridgehead atoms. The summed E-state index contributed by atoms with van der Waals surface area (Å²) in [6.07, 6.45) is 0.399. The number of methoxy groups -OCH3 is 1. The van der Waals surface area contributed by atoms with Crippen molar-refractivity contribution in [3.8, 4) is 11.5 Å². The Morgan fingerprint density at radius 3 is 2.30 bits per heavy atom. The van der Waals surface area contributed by atoms with Crippen molar-refractivity contribution >= 4 is 47.5 Å². The highest BCUT2D eigenvalue weighted by Crippen LogP contribution is 2.35. The average Bonchev–Trinajstić information content (AvgIpc) is 2.79. The second kappa shape index (κ2) is 10.7. The maximum atomic E-state index is 13.4. The third kappa shape index (κ3) is 5.67. The highest BCUT2D eigenvalue weighted by molar-refractivity contribution is 6.58. The van der Waals surface area contributed by atoms with Gasteiger partial charge in [0.15, 0.2) is 17.3 Å². The van der Waals surface area contributed by atoms with Crippen LogP contribution in [0.5, 0.6) is 11.5 Å². The minimum Gasteiger partial charge on any atom is -0.493 e. The predicted molar refractivity (Wildman–Crippen MR) is 127 cm³/mol. The molecule has 0 aromatic heterocycles. The molecule has 7 nitrogen and oxygen atoms in total. The van der Waals surface area contributed by atoms with Crippen molar-refractivity contribution < 1.29 is 29.1 Å². The maximum Gasteiger partial charge on any atom is 0.488 e. The fraction of sp³-hybridized carbons (Fsp3) is 0.130. The van der Waals surface area contributed by atoms with E-state index < -0.39 is 18.8 Å². The molecule has 0 spiro atoms. The van der Waals surface area contributed by atoms with Crippen molar-refractivity contribution in [2.75, 3.05) is 13.7 Å². The fourth-order valence-electron chi connectivity index (χ4n) is 3.24. The number of hydrogen-bond donors (Lipinski definition) is 3. The Morgan fingerprint density at radius 2 is 1.73 bits per heavy atom. The van der Waals surface area contributed by atoms with Gasteiger partial charge in [0.2, 0.25) is 5.91 Å². The molecule has 170 valence electrons. The highest BCUT2D eigenvalue weighted by Gasteiger charge is 2.26. The van der Waals surface area contributed by atoms with Gasteiger partial charge in [0.1, 0.15) is 0 Å². The molecule has 3 aromatic carbocycles. The molecule has 0 fully saturated rings. The van der Waals surface area contributed by atoms with E-state index in [2.05, 4.69) is 0 Å². The number of amides is 1. The van der Waals surface area contributed by atoms with Gasteiger partial charge in [-0.2, -0.15) is 0 Å². The molecule has 4 N–H and O–H groups in total. The summed E-state index contributed by atoms with van der Waals surface area (Å²) in [5, 5.41) is 19.5. The zero-order valence-electron chi connectivity index (χ0n) is 17.5. The summed E-state index contributed by atoms with van der Waals surface area (Å²) in [6.45, 7) is 0.121. The van der Waals surface area contributed by atoms with Crippen molar-refractivity contribution in [1.82, 2.24) is 0 Å².